The molecule has 4 rings (SSSR count). The van der Waals surface area contributed by atoms with Crippen LogP contribution < -0.4 is 9.80 Å². The predicted molar refractivity (Wildman–Crippen MR) is 119 cm³/mol. The van der Waals surface area contributed by atoms with Crippen molar-refractivity contribution in [2.45, 2.75) is 26.2 Å². The number of hydrazone groups is 1. The van der Waals surface area contributed by atoms with Gasteiger partial charge in [0.25, 0.3) is 0 Å². The van der Waals surface area contributed by atoms with Crippen molar-refractivity contribution >= 4 is 17.6 Å². The van der Waals surface area contributed by atoms with Crippen molar-refractivity contribution < 1.29 is 0 Å². The number of fused-ring (bicyclic) bond motifs is 1. The number of likely N-dealkylation sites (N-methyl/N-ethyl adjacent to an activating group) is 1. The van der Waals surface area contributed by atoms with Crippen LogP contribution in [-0.2, 0) is 5.41 Å². The molecule has 0 N–H and O–H groups in total. The maximum Gasteiger partial charge on any atom is 0.0536 e. The Morgan fingerprint density at radius 3 is 2.29 bits per heavy atom. The van der Waals surface area contributed by atoms with Gasteiger partial charge in [-0.2, -0.15) is 5.10 Å². The number of hydrogen-bond acceptors (Lipinski definition) is 4. The van der Waals surface area contributed by atoms with Gasteiger partial charge in [0, 0.05) is 48.8 Å². The zero-order valence-corrected chi connectivity index (χ0v) is 17.4. The second kappa shape index (κ2) is 7.34. The number of anilines is 2. The Labute approximate surface area is 168 Å². The minimum Gasteiger partial charge on any atom is -0.368 e. The van der Waals surface area contributed by atoms with E-state index < -0.39 is 0 Å². The number of benzene rings is 2. The van der Waals surface area contributed by atoms with E-state index in [4.69, 9.17) is 5.10 Å². The van der Waals surface area contributed by atoms with E-state index in [0.717, 1.165) is 26.2 Å². The van der Waals surface area contributed by atoms with Crippen LogP contribution in [0.5, 0.6) is 0 Å². The summed E-state index contributed by atoms with van der Waals surface area (Å²) in [6.07, 6.45) is 4.15. The lowest BCUT2D eigenvalue weighted by Gasteiger charge is -2.34. The lowest BCUT2D eigenvalue weighted by Crippen LogP contribution is -2.44. The molecule has 4 nitrogen and oxygen atoms in total. The van der Waals surface area contributed by atoms with E-state index in [1.807, 2.05) is 6.21 Å². The van der Waals surface area contributed by atoms with Crippen LogP contribution in [-0.4, -0.2) is 44.5 Å². The zero-order chi connectivity index (χ0) is 19.7. The van der Waals surface area contributed by atoms with Crippen molar-refractivity contribution in [3.8, 4) is 0 Å². The van der Waals surface area contributed by atoms with Crippen LogP contribution in [0, 0.1) is 6.92 Å². The Hall–Kier alpha value is -2.75. The number of hydrogen-bond donors (Lipinski definition) is 0. The van der Waals surface area contributed by atoms with Crippen LogP contribution in [0.15, 0.2) is 65.4 Å². The molecule has 0 spiro atoms. The van der Waals surface area contributed by atoms with Gasteiger partial charge in [-0.3, -0.25) is 5.01 Å². The van der Waals surface area contributed by atoms with Gasteiger partial charge in [0.1, 0.15) is 0 Å². The fraction of sp³-hybridized carbons (Fsp3) is 0.375. The summed E-state index contributed by atoms with van der Waals surface area (Å²) in [6, 6.07) is 17.5. The molecule has 0 amide bonds. The van der Waals surface area contributed by atoms with E-state index in [1.54, 1.807) is 0 Å². The molecule has 0 unspecified atom stereocenters. The van der Waals surface area contributed by atoms with Gasteiger partial charge in [0.2, 0.25) is 0 Å². The molecule has 0 aromatic heterocycles. The third-order valence-electron chi connectivity index (χ3n) is 6.06. The summed E-state index contributed by atoms with van der Waals surface area (Å²) < 4.78 is 0. The summed E-state index contributed by atoms with van der Waals surface area (Å²) in [5.41, 5.74) is 6.57. The van der Waals surface area contributed by atoms with Crippen LogP contribution in [0.2, 0.25) is 0 Å². The summed E-state index contributed by atoms with van der Waals surface area (Å²) >= 11 is 0. The first kappa shape index (κ1) is 18.6. The number of nitrogens with zero attached hydrogens (tertiary/aromatic N) is 4. The Kier molecular flexibility index (Phi) is 4.88. The van der Waals surface area contributed by atoms with E-state index in [9.17, 15) is 0 Å². The molecule has 2 aliphatic heterocycles. The Balaban J connectivity index is 1.40. The number of aryl methyl sites for hydroxylation is 1. The van der Waals surface area contributed by atoms with E-state index in [2.05, 4.69) is 97.2 Å². The average molecular weight is 375 g/mol. The van der Waals surface area contributed by atoms with E-state index in [-0.39, 0.29) is 5.41 Å². The van der Waals surface area contributed by atoms with Crippen molar-refractivity contribution in [1.29, 1.82) is 0 Å². The van der Waals surface area contributed by atoms with Crippen molar-refractivity contribution in [3.63, 3.8) is 0 Å². The van der Waals surface area contributed by atoms with Crippen molar-refractivity contribution in [3.05, 3.63) is 71.4 Å². The van der Waals surface area contributed by atoms with Gasteiger partial charge in [-0.15, -0.1) is 0 Å². The molecule has 146 valence electrons. The van der Waals surface area contributed by atoms with Crippen LogP contribution in [0.3, 0.4) is 0 Å². The molecular weight excluding hydrogens is 344 g/mol. The van der Waals surface area contributed by atoms with Gasteiger partial charge in [0.05, 0.1) is 13.1 Å². The molecule has 0 saturated carbocycles. The summed E-state index contributed by atoms with van der Waals surface area (Å²) in [4.78, 5) is 4.73. The molecule has 2 aliphatic rings. The molecule has 4 heteroatoms. The quantitative estimate of drug-likeness (QED) is 0.743. The monoisotopic (exact) mass is 374 g/mol. The number of piperazine rings is 1. The van der Waals surface area contributed by atoms with Gasteiger partial charge in [0.15, 0.2) is 0 Å². The molecule has 0 aliphatic carbocycles. The van der Waals surface area contributed by atoms with Gasteiger partial charge < -0.3 is 9.80 Å². The topological polar surface area (TPSA) is 22.1 Å². The van der Waals surface area contributed by atoms with Gasteiger partial charge >= 0.3 is 0 Å². The summed E-state index contributed by atoms with van der Waals surface area (Å²) in [7, 11) is 2.15. The van der Waals surface area contributed by atoms with Crippen LogP contribution >= 0.6 is 0 Å². The maximum atomic E-state index is 4.73. The number of para-hydroxylation sites is 1. The molecule has 0 bridgehead atoms. The van der Waals surface area contributed by atoms with E-state index in [1.165, 1.54) is 28.2 Å². The fourth-order valence-corrected chi connectivity index (χ4v) is 4.33. The Morgan fingerprint density at radius 2 is 1.61 bits per heavy atom. The summed E-state index contributed by atoms with van der Waals surface area (Å²) in [6.45, 7) is 10.6. The molecule has 28 heavy (non-hydrogen) atoms. The Morgan fingerprint density at radius 1 is 0.929 bits per heavy atom. The minimum atomic E-state index is 0.00149. The largest absolute Gasteiger partial charge is 0.368 e. The predicted octanol–water partition coefficient (Wildman–Crippen LogP) is 4.41. The first-order valence-electron chi connectivity index (χ1n) is 10.1. The van der Waals surface area contributed by atoms with Crippen LogP contribution in [0.4, 0.5) is 11.4 Å². The molecule has 2 heterocycles. The lowest BCUT2D eigenvalue weighted by atomic mass is 9.84. The molecule has 2 aromatic rings. The SMILES string of the molecule is Cc1ccc(N2CCN(N=C/C=C3/N(C)c4ccccc4C3(C)C)CC2)cc1. The van der Waals surface area contributed by atoms with Crippen molar-refractivity contribution in [1.82, 2.24) is 5.01 Å². The molecular formula is C24H30N4. The van der Waals surface area contributed by atoms with Gasteiger partial charge in [-0.1, -0.05) is 49.7 Å². The third kappa shape index (κ3) is 3.39. The molecule has 1 saturated heterocycles. The first-order chi connectivity index (χ1) is 13.5. The highest BCUT2D eigenvalue weighted by Gasteiger charge is 2.37. The normalized spacial score (nSPS) is 20.3. The van der Waals surface area contributed by atoms with Crippen LogP contribution in [0.25, 0.3) is 0 Å². The standard InChI is InChI=1S/C24H30N4/c1-19-9-11-20(12-10-19)27-15-17-28(18-16-27)25-14-13-23-24(2,3)21-7-5-6-8-22(21)26(23)4/h5-14H,15-18H2,1-4H3/b23-13+,25-14?. The lowest BCUT2D eigenvalue weighted by molar-refractivity contribution is 0.272. The number of allylic oxidation sites excluding steroid dienone is 2. The molecule has 2 aromatic carbocycles. The van der Waals surface area contributed by atoms with Crippen molar-refractivity contribution in [2.75, 3.05) is 43.0 Å². The average Bonchev–Trinajstić information content (AvgIpc) is 2.90. The maximum absolute atomic E-state index is 4.73. The molecule has 0 radical (unpaired) electrons. The molecule has 0 atom stereocenters. The van der Waals surface area contributed by atoms with Gasteiger partial charge in [-0.25, -0.2) is 0 Å². The van der Waals surface area contributed by atoms with Gasteiger partial charge in [-0.05, 0) is 36.8 Å². The highest BCUT2D eigenvalue weighted by Crippen LogP contribution is 2.46. The number of rotatable bonds is 3. The molecule has 1 fully saturated rings. The minimum absolute atomic E-state index is 0.00149. The highest BCUT2D eigenvalue weighted by atomic mass is 15.5. The second-order valence-electron chi connectivity index (χ2n) is 8.29. The van der Waals surface area contributed by atoms with E-state index in [0.29, 0.717) is 0 Å². The van der Waals surface area contributed by atoms with Crippen molar-refractivity contribution in [2.24, 2.45) is 5.10 Å². The summed E-state index contributed by atoms with van der Waals surface area (Å²) in [5.74, 6) is 0. The summed E-state index contributed by atoms with van der Waals surface area (Å²) in [5, 5.41) is 6.91. The Bertz CT molecular complexity index is 887. The van der Waals surface area contributed by atoms with E-state index >= 15 is 0 Å². The highest BCUT2D eigenvalue weighted by molar-refractivity contribution is 5.79. The zero-order valence-electron chi connectivity index (χ0n) is 17.4. The first-order valence-corrected chi connectivity index (χ1v) is 10.1. The van der Waals surface area contributed by atoms with Crippen LogP contribution in [0.1, 0.15) is 25.0 Å². The second-order valence-corrected chi connectivity index (χ2v) is 8.29. The third-order valence-corrected chi connectivity index (χ3v) is 6.06. The smallest absolute Gasteiger partial charge is 0.0536 e. The fourth-order valence-electron chi connectivity index (χ4n) is 4.33.